The van der Waals surface area contributed by atoms with Crippen molar-refractivity contribution in [3.05, 3.63) is 0 Å². The van der Waals surface area contributed by atoms with Crippen LogP contribution in [0, 0.1) is 12.3 Å². The van der Waals surface area contributed by atoms with E-state index in [0.29, 0.717) is 13.0 Å². The molecule has 1 amide bonds. The van der Waals surface area contributed by atoms with Crippen molar-refractivity contribution in [2.24, 2.45) is 0 Å². The van der Waals surface area contributed by atoms with Crippen molar-refractivity contribution in [2.45, 2.75) is 32.7 Å². The SMILES string of the molecule is C#CCC(CC)NC(=O)OCC. The van der Waals surface area contributed by atoms with Gasteiger partial charge in [0.2, 0.25) is 0 Å². The van der Waals surface area contributed by atoms with Gasteiger partial charge in [-0.05, 0) is 13.3 Å². The lowest BCUT2D eigenvalue weighted by molar-refractivity contribution is 0.148. The summed E-state index contributed by atoms with van der Waals surface area (Å²) in [5.74, 6) is 2.50. The quantitative estimate of drug-likeness (QED) is 0.648. The van der Waals surface area contributed by atoms with E-state index in [1.54, 1.807) is 6.92 Å². The van der Waals surface area contributed by atoms with Crippen LogP contribution in [-0.2, 0) is 4.74 Å². The molecule has 1 N–H and O–H groups in total. The Morgan fingerprint density at radius 2 is 2.33 bits per heavy atom. The number of carbonyl (C=O) groups is 1. The van der Waals surface area contributed by atoms with E-state index in [1.807, 2.05) is 6.92 Å². The summed E-state index contributed by atoms with van der Waals surface area (Å²) < 4.78 is 4.70. The maximum absolute atomic E-state index is 10.9. The van der Waals surface area contributed by atoms with Crippen LogP contribution in [0.4, 0.5) is 4.79 Å². The molecule has 1 unspecified atom stereocenters. The Bertz CT molecular complexity index is 172. The zero-order valence-corrected chi connectivity index (χ0v) is 7.59. The van der Waals surface area contributed by atoms with Gasteiger partial charge in [0.1, 0.15) is 0 Å². The smallest absolute Gasteiger partial charge is 0.407 e. The van der Waals surface area contributed by atoms with E-state index in [-0.39, 0.29) is 12.1 Å². The van der Waals surface area contributed by atoms with Gasteiger partial charge >= 0.3 is 6.09 Å². The number of rotatable bonds is 4. The van der Waals surface area contributed by atoms with Gasteiger partial charge in [0.15, 0.2) is 0 Å². The number of nitrogens with one attached hydrogen (secondary N) is 1. The van der Waals surface area contributed by atoms with Crippen LogP contribution >= 0.6 is 0 Å². The molecule has 1 atom stereocenters. The zero-order valence-electron chi connectivity index (χ0n) is 7.59. The summed E-state index contributed by atoms with van der Waals surface area (Å²) in [6.45, 7) is 4.12. The van der Waals surface area contributed by atoms with Crippen LogP contribution in [0.1, 0.15) is 26.7 Å². The van der Waals surface area contributed by atoms with Crippen LogP contribution in [0.3, 0.4) is 0 Å². The van der Waals surface area contributed by atoms with Crippen molar-refractivity contribution in [1.82, 2.24) is 5.32 Å². The fraction of sp³-hybridized carbons (Fsp3) is 0.667. The summed E-state index contributed by atoms with van der Waals surface area (Å²) in [5.41, 5.74) is 0. The Balaban J connectivity index is 3.70. The number of hydrogen-bond acceptors (Lipinski definition) is 2. The fourth-order valence-corrected chi connectivity index (χ4v) is 0.779. The monoisotopic (exact) mass is 169 g/mol. The third-order valence-corrected chi connectivity index (χ3v) is 1.45. The molecule has 0 spiro atoms. The third kappa shape index (κ3) is 4.62. The van der Waals surface area contributed by atoms with Gasteiger partial charge < -0.3 is 10.1 Å². The van der Waals surface area contributed by atoms with Crippen LogP contribution in [0.2, 0.25) is 0 Å². The zero-order chi connectivity index (χ0) is 9.40. The summed E-state index contributed by atoms with van der Waals surface area (Å²) in [7, 11) is 0. The van der Waals surface area contributed by atoms with Crippen LogP contribution < -0.4 is 5.32 Å². The van der Waals surface area contributed by atoms with Crippen LogP contribution in [0.15, 0.2) is 0 Å². The van der Waals surface area contributed by atoms with Gasteiger partial charge in [0.25, 0.3) is 0 Å². The molecule has 0 aromatic rings. The Morgan fingerprint density at radius 3 is 2.75 bits per heavy atom. The molecule has 68 valence electrons. The van der Waals surface area contributed by atoms with Gasteiger partial charge in [-0.1, -0.05) is 6.92 Å². The number of alkyl carbamates (subject to hydrolysis) is 1. The van der Waals surface area contributed by atoms with Crippen LogP contribution in [-0.4, -0.2) is 18.7 Å². The molecule has 0 aromatic carbocycles. The predicted octanol–water partition coefficient (Wildman–Crippen LogP) is 1.53. The molecule has 12 heavy (non-hydrogen) atoms. The van der Waals surface area contributed by atoms with Crippen molar-refractivity contribution in [1.29, 1.82) is 0 Å². The normalized spacial score (nSPS) is 11.4. The number of amides is 1. The molecule has 0 aliphatic carbocycles. The Hall–Kier alpha value is -1.17. The Morgan fingerprint density at radius 1 is 1.67 bits per heavy atom. The van der Waals surface area contributed by atoms with Crippen molar-refractivity contribution >= 4 is 6.09 Å². The first-order valence-corrected chi connectivity index (χ1v) is 4.11. The minimum absolute atomic E-state index is 0.0362. The lowest BCUT2D eigenvalue weighted by Crippen LogP contribution is -2.34. The third-order valence-electron chi connectivity index (χ3n) is 1.45. The number of terminal acetylenes is 1. The van der Waals surface area contributed by atoms with Gasteiger partial charge in [0, 0.05) is 12.5 Å². The van der Waals surface area contributed by atoms with Gasteiger partial charge in [-0.15, -0.1) is 12.3 Å². The van der Waals surface area contributed by atoms with Gasteiger partial charge in [-0.2, -0.15) is 0 Å². The second kappa shape index (κ2) is 6.53. The molecule has 0 fully saturated rings. The standard InChI is InChI=1S/C9H15NO2/c1-4-7-8(5-2)10-9(11)12-6-3/h1,8H,5-7H2,2-3H3,(H,10,11). The second-order valence-electron chi connectivity index (χ2n) is 2.38. The van der Waals surface area contributed by atoms with Crippen molar-refractivity contribution in [3.63, 3.8) is 0 Å². The topological polar surface area (TPSA) is 38.3 Å². The number of carbonyl (C=O) groups excluding carboxylic acids is 1. The molecule has 3 heteroatoms. The number of ether oxygens (including phenoxy) is 1. The van der Waals surface area contributed by atoms with Crippen molar-refractivity contribution < 1.29 is 9.53 Å². The summed E-state index contributed by atoms with van der Waals surface area (Å²) in [5, 5.41) is 2.66. The van der Waals surface area contributed by atoms with Crippen molar-refractivity contribution in [2.75, 3.05) is 6.61 Å². The molecule has 0 aromatic heterocycles. The van der Waals surface area contributed by atoms with Gasteiger partial charge in [-0.25, -0.2) is 4.79 Å². The first-order valence-electron chi connectivity index (χ1n) is 4.11. The molecular formula is C9H15NO2. The van der Waals surface area contributed by atoms with E-state index in [2.05, 4.69) is 11.2 Å². The van der Waals surface area contributed by atoms with Gasteiger partial charge in [-0.3, -0.25) is 0 Å². The van der Waals surface area contributed by atoms with Crippen LogP contribution in [0.5, 0.6) is 0 Å². The molecule has 0 saturated heterocycles. The highest BCUT2D eigenvalue weighted by molar-refractivity contribution is 5.67. The molecule has 0 aliphatic rings. The molecule has 0 radical (unpaired) electrons. The lowest BCUT2D eigenvalue weighted by atomic mass is 10.2. The minimum atomic E-state index is -0.389. The highest BCUT2D eigenvalue weighted by Crippen LogP contribution is 1.96. The molecule has 0 heterocycles. The second-order valence-corrected chi connectivity index (χ2v) is 2.38. The van der Waals surface area contributed by atoms with E-state index in [4.69, 9.17) is 11.2 Å². The highest BCUT2D eigenvalue weighted by atomic mass is 16.5. The molecule has 0 bridgehead atoms. The molecule has 0 saturated carbocycles. The Labute approximate surface area is 73.5 Å². The van der Waals surface area contributed by atoms with E-state index in [0.717, 1.165) is 6.42 Å². The first-order chi connectivity index (χ1) is 5.74. The van der Waals surface area contributed by atoms with E-state index in [9.17, 15) is 4.79 Å². The maximum Gasteiger partial charge on any atom is 0.407 e. The maximum atomic E-state index is 10.9. The largest absolute Gasteiger partial charge is 0.450 e. The highest BCUT2D eigenvalue weighted by Gasteiger charge is 2.08. The summed E-state index contributed by atoms with van der Waals surface area (Å²) in [6, 6.07) is 0.0362. The van der Waals surface area contributed by atoms with Gasteiger partial charge in [0.05, 0.1) is 6.61 Å². The van der Waals surface area contributed by atoms with E-state index < -0.39 is 0 Å². The number of hydrogen-bond donors (Lipinski definition) is 1. The van der Waals surface area contributed by atoms with Crippen molar-refractivity contribution in [3.8, 4) is 12.3 Å². The summed E-state index contributed by atoms with van der Waals surface area (Å²) in [4.78, 5) is 10.9. The molecule has 0 rings (SSSR count). The predicted molar refractivity (Wildman–Crippen MR) is 47.7 cm³/mol. The lowest BCUT2D eigenvalue weighted by Gasteiger charge is -2.13. The molecular weight excluding hydrogens is 154 g/mol. The van der Waals surface area contributed by atoms with E-state index in [1.165, 1.54) is 0 Å². The average molecular weight is 169 g/mol. The first kappa shape index (κ1) is 10.8. The fourth-order valence-electron chi connectivity index (χ4n) is 0.779. The average Bonchev–Trinajstić information content (AvgIpc) is 2.04. The molecule has 0 aliphatic heterocycles. The van der Waals surface area contributed by atoms with E-state index >= 15 is 0 Å². The summed E-state index contributed by atoms with van der Waals surface area (Å²) >= 11 is 0. The summed E-state index contributed by atoms with van der Waals surface area (Å²) in [6.07, 6.45) is 6.10. The minimum Gasteiger partial charge on any atom is -0.450 e. The molecule has 3 nitrogen and oxygen atoms in total. The Kier molecular flexibility index (Phi) is 5.90. The van der Waals surface area contributed by atoms with Crippen LogP contribution in [0.25, 0.3) is 0 Å².